The van der Waals surface area contributed by atoms with Crippen LogP contribution in [0.4, 0.5) is 5.00 Å². The molecule has 0 bridgehead atoms. The number of hydrogen-bond donors (Lipinski definition) is 1. The summed E-state index contributed by atoms with van der Waals surface area (Å²) >= 11 is 1.19. The normalized spacial score (nSPS) is 10.5. The van der Waals surface area contributed by atoms with Gasteiger partial charge in [-0.05, 0) is 30.5 Å². The van der Waals surface area contributed by atoms with E-state index in [2.05, 4.69) is 28.6 Å². The van der Waals surface area contributed by atoms with Gasteiger partial charge in [-0.25, -0.2) is 0 Å². The number of anilines is 1. The fraction of sp³-hybridized carbons (Fsp3) is 0.385. The van der Waals surface area contributed by atoms with Crippen molar-refractivity contribution >= 4 is 16.5 Å². The number of benzene rings is 1. The molecule has 0 radical (unpaired) electrons. The van der Waals surface area contributed by atoms with Crippen LogP contribution in [-0.2, 0) is 13.0 Å². The zero-order valence-electron chi connectivity index (χ0n) is 10.4. The zero-order valence-corrected chi connectivity index (χ0v) is 11.2. The summed E-state index contributed by atoms with van der Waals surface area (Å²) in [6.07, 6.45) is 3.56. The Labute approximate surface area is 111 Å². The van der Waals surface area contributed by atoms with Crippen molar-refractivity contribution in [2.45, 2.75) is 32.8 Å². The first-order valence-corrected chi connectivity index (χ1v) is 6.85. The maximum Gasteiger partial charge on any atom is 0.136 e. The van der Waals surface area contributed by atoms with Crippen molar-refractivity contribution in [2.75, 3.05) is 5.73 Å². The van der Waals surface area contributed by atoms with Gasteiger partial charge in [-0.2, -0.15) is 0 Å². The first kappa shape index (κ1) is 12.8. The maximum absolute atomic E-state index is 5.70. The molecule has 2 rings (SSSR count). The van der Waals surface area contributed by atoms with Crippen LogP contribution in [0.1, 0.15) is 31.0 Å². The second-order valence-corrected chi connectivity index (χ2v) is 4.91. The Morgan fingerprint density at radius 1 is 1.28 bits per heavy atom. The summed E-state index contributed by atoms with van der Waals surface area (Å²) in [5.74, 6) is 0.836. The van der Waals surface area contributed by atoms with Gasteiger partial charge in [0, 0.05) is 11.5 Å². The average molecular weight is 263 g/mol. The Hall–Kier alpha value is -1.62. The second-order valence-electron chi connectivity index (χ2n) is 4.12. The third-order valence-corrected chi connectivity index (χ3v) is 3.30. The second kappa shape index (κ2) is 6.35. The molecule has 0 saturated carbocycles. The van der Waals surface area contributed by atoms with E-state index in [1.54, 1.807) is 0 Å². The monoisotopic (exact) mass is 263 g/mol. The van der Waals surface area contributed by atoms with Gasteiger partial charge < -0.3 is 10.5 Å². The molecule has 2 aromatic rings. The Morgan fingerprint density at radius 3 is 2.67 bits per heavy atom. The van der Waals surface area contributed by atoms with Crippen molar-refractivity contribution < 1.29 is 4.74 Å². The van der Waals surface area contributed by atoms with E-state index >= 15 is 0 Å². The predicted octanol–water partition coefficient (Wildman–Crippen LogP) is 3.04. The van der Waals surface area contributed by atoms with E-state index in [4.69, 9.17) is 10.5 Å². The lowest BCUT2D eigenvalue weighted by Crippen LogP contribution is -1.99. The van der Waals surface area contributed by atoms with Gasteiger partial charge in [0.15, 0.2) is 0 Å². The number of aromatic nitrogens is 2. The molecule has 0 aliphatic rings. The number of hydrogen-bond acceptors (Lipinski definition) is 5. The maximum atomic E-state index is 5.70. The number of aryl methyl sites for hydroxylation is 1. The molecule has 1 aromatic carbocycles. The Bertz CT molecular complexity index is 481. The molecule has 0 amide bonds. The summed E-state index contributed by atoms with van der Waals surface area (Å²) in [5, 5.41) is 4.53. The smallest absolute Gasteiger partial charge is 0.136 e. The number of nitrogens with two attached hydrogens (primary N) is 1. The molecule has 0 spiro atoms. The lowest BCUT2D eigenvalue weighted by atomic mass is 10.1. The van der Waals surface area contributed by atoms with Crippen LogP contribution in [0.3, 0.4) is 0 Å². The highest BCUT2D eigenvalue weighted by molar-refractivity contribution is 7.09. The largest absolute Gasteiger partial charge is 0.487 e. The van der Waals surface area contributed by atoms with Gasteiger partial charge in [0.25, 0.3) is 0 Å². The zero-order chi connectivity index (χ0) is 12.8. The molecule has 18 heavy (non-hydrogen) atoms. The third-order valence-electron chi connectivity index (χ3n) is 2.70. The van der Waals surface area contributed by atoms with Crippen LogP contribution in [0, 0.1) is 0 Å². The van der Waals surface area contributed by atoms with Crippen LogP contribution in [0.2, 0.25) is 0 Å². The molecule has 0 aliphatic heterocycles. The fourth-order valence-electron chi connectivity index (χ4n) is 1.60. The van der Waals surface area contributed by atoms with E-state index in [0.717, 1.165) is 12.2 Å². The van der Waals surface area contributed by atoms with Crippen LogP contribution >= 0.6 is 11.5 Å². The minimum atomic E-state index is 0.372. The first-order chi connectivity index (χ1) is 8.79. The van der Waals surface area contributed by atoms with E-state index < -0.39 is 0 Å². The van der Waals surface area contributed by atoms with Gasteiger partial charge in [-0.3, -0.25) is 0 Å². The summed E-state index contributed by atoms with van der Waals surface area (Å²) in [4.78, 5) is 0. The predicted molar refractivity (Wildman–Crippen MR) is 73.7 cm³/mol. The Morgan fingerprint density at radius 2 is 2.06 bits per heavy atom. The van der Waals surface area contributed by atoms with Crippen molar-refractivity contribution in [1.82, 2.24) is 9.59 Å². The molecule has 0 atom stereocenters. The number of rotatable bonds is 6. The molecule has 96 valence electrons. The van der Waals surface area contributed by atoms with Crippen LogP contribution in [0.25, 0.3) is 0 Å². The third kappa shape index (κ3) is 3.43. The highest BCUT2D eigenvalue weighted by Crippen LogP contribution is 2.18. The van der Waals surface area contributed by atoms with Gasteiger partial charge in [-0.15, -0.1) is 5.10 Å². The van der Waals surface area contributed by atoms with Gasteiger partial charge in [0.2, 0.25) is 0 Å². The van der Waals surface area contributed by atoms with Crippen molar-refractivity contribution in [2.24, 2.45) is 0 Å². The minimum absolute atomic E-state index is 0.372. The Kier molecular flexibility index (Phi) is 4.52. The van der Waals surface area contributed by atoms with E-state index in [9.17, 15) is 0 Å². The van der Waals surface area contributed by atoms with Crippen LogP contribution < -0.4 is 10.5 Å². The number of ether oxygens (including phenoxy) is 1. The summed E-state index contributed by atoms with van der Waals surface area (Å²) in [6, 6.07) is 8.18. The molecule has 1 aromatic heterocycles. The van der Waals surface area contributed by atoms with Gasteiger partial charge in [-0.1, -0.05) is 30.0 Å². The quantitative estimate of drug-likeness (QED) is 0.870. The highest BCUT2D eigenvalue weighted by Gasteiger charge is 2.04. The SMILES string of the molecule is CCCCc1ccc(OCc2nnsc2N)cc1. The highest BCUT2D eigenvalue weighted by atomic mass is 32.1. The van der Waals surface area contributed by atoms with E-state index in [1.807, 2.05) is 12.1 Å². The van der Waals surface area contributed by atoms with E-state index in [1.165, 1.54) is 29.9 Å². The molecular weight excluding hydrogens is 246 g/mol. The van der Waals surface area contributed by atoms with Crippen molar-refractivity contribution in [1.29, 1.82) is 0 Å². The standard InChI is InChI=1S/C13H17N3OS/c1-2-3-4-10-5-7-11(8-6-10)17-9-12-13(14)18-16-15-12/h5-8H,2-4,9,14H2,1H3. The first-order valence-electron chi connectivity index (χ1n) is 6.08. The van der Waals surface area contributed by atoms with Crippen LogP contribution in [0.5, 0.6) is 5.75 Å². The van der Waals surface area contributed by atoms with Crippen LogP contribution in [0.15, 0.2) is 24.3 Å². The summed E-state index contributed by atoms with van der Waals surface area (Å²) in [7, 11) is 0. The van der Waals surface area contributed by atoms with Gasteiger partial charge in [0.05, 0.1) is 0 Å². The van der Waals surface area contributed by atoms with Crippen molar-refractivity contribution in [3.63, 3.8) is 0 Å². The topological polar surface area (TPSA) is 61.0 Å². The number of unbranched alkanes of at least 4 members (excludes halogenated alkanes) is 1. The van der Waals surface area contributed by atoms with Crippen LogP contribution in [-0.4, -0.2) is 9.59 Å². The molecule has 4 nitrogen and oxygen atoms in total. The number of nitrogens with zero attached hydrogens (tertiary/aromatic N) is 2. The average Bonchev–Trinajstić information content (AvgIpc) is 2.81. The van der Waals surface area contributed by atoms with E-state index in [-0.39, 0.29) is 0 Å². The van der Waals surface area contributed by atoms with Crippen molar-refractivity contribution in [3.05, 3.63) is 35.5 Å². The fourth-order valence-corrected chi connectivity index (χ4v) is 2.03. The summed E-state index contributed by atoms with van der Waals surface area (Å²) < 4.78 is 9.38. The van der Waals surface area contributed by atoms with Crippen molar-refractivity contribution in [3.8, 4) is 5.75 Å². The lowest BCUT2D eigenvalue weighted by Gasteiger charge is -2.05. The molecule has 0 unspecified atom stereocenters. The molecular formula is C13H17N3OS. The number of nitrogen functional groups attached to an aromatic ring is 1. The summed E-state index contributed by atoms with van der Waals surface area (Å²) in [5.41, 5.74) is 7.75. The molecule has 0 saturated heterocycles. The van der Waals surface area contributed by atoms with Gasteiger partial charge in [0.1, 0.15) is 23.1 Å². The molecule has 0 fully saturated rings. The molecule has 0 aliphatic carbocycles. The Balaban J connectivity index is 1.88. The molecule has 1 heterocycles. The molecule has 5 heteroatoms. The molecule has 2 N–H and O–H groups in total. The minimum Gasteiger partial charge on any atom is -0.487 e. The van der Waals surface area contributed by atoms with E-state index in [0.29, 0.717) is 17.3 Å². The van der Waals surface area contributed by atoms with Gasteiger partial charge >= 0.3 is 0 Å². The lowest BCUT2D eigenvalue weighted by molar-refractivity contribution is 0.302. The summed E-state index contributed by atoms with van der Waals surface area (Å²) in [6.45, 7) is 2.57.